The molecular weight excluding hydrogens is 222 g/mol. The van der Waals surface area contributed by atoms with E-state index in [1.807, 2.05) is 11.7 Å². The minimum atomic E-state index is 0.0737. The van der Waals surface area contributed by atoms with E-state index in [4.69, 9.17) is 0 Å². The smallest absolute Gasteiger partial charge is 0.217 e. The van der Waals surface area contributed by atoms with Crippen LogP contribution in [0.5, 0.6) is 0 Å². The predicted octanol–water partition coefficient (Wildman–Crippen LogP) is 1.24. The van der Waals surface area contributed by atoms with Crippen molar-refractivity contribution in [1.29, 1.82) is 0 Å². The van der Waals surface area contributed by atoms with Crippen LogP contribution in [0.2, 0.25) is 0 Å². The summed E-state index contributed by atoms with van der Waals surface area (Å²) in [6, 6.07) is 0.319. The van der Waals surface area contributed by atoms with Crippen LogP contribution in [0.15, 0.2) is 11.7 Å². The lowest BCUT2D eigenvalue weighted by Crippen LogP contribution is -2.46. The van der Waals surface area contributed by atoms with Gasteiger partial charge in [0.1, 0.15) is 0 Å². The van der Waals surface area contributed by atoms with Crippen LogP contribution in [-0.4, -0.2) is 34.9 Å². The maximum Gasteiger partial charge on any atom is 0.217 e. The fraction of sp³-hybridized carbons (Fsp3) is 0.636. The Hall–Kier alpha value is -0.940. The van der Waals surface area contributed by atoms with Crippen molar-refractivity contribution in [3.05, 3.63) is 16.6 Å². The molecule has 5 heteroatoms. The fourth-order valence-electron chi connectivity index (χ4n) is 2.15. The number of thiazole rings is 1. The van der Waals surface area contributed by atoms with E-state index in [2.05, 4.69) is 15.2 Å². The molecule has 1 amide bonds. The molecular formula is C11H17N3OS. The molecule has 1 aromatic heterocycles. The summed E-state index contributed by atoms with van der Waals surface area (Å²) >= 11 is 1.69. The quantitative estimate of drug-likeness (QED) is 0.863. The van der Waals surface area contributed by atoms with Gasteiger partial charge in [-0.25, -0.2) is 0 Å². The normalized spacial score (nSPS) is 21.9. The van der Waals surface area contributed by atoms with Crippen LogP contribution in [0.25, 0.3) is 0 Å². The largest absolute Gasteiger partial charge is 0.352 e. The molecule has 0 bridgehead atoms. The summed E-state index contributed by atoms with van der Waals surface area (Å²) in [5.41, 5.74) is 1.87. The van der Waals surface area contributed by atoms with Crippen LogP contribution in [0.3, 0.4) is 0 Å². The van der Waals surface area contributed by atoms with E-state index < -0.39 is 0 Å². The van der Waals surface area contributed by atoms with Gasteiger partial charge in [0.05, 0.1) is 5.51 Å². The molecule has 0 saturated carbocycles. The Bertz CT molecular complexity index is 339. The third kappa shape index (κ3) is 3.28. The van der Waals surface area contributed by atoms with E-state index in [0.29, 0.717) is 6.04 Å². The Morgan fingerprint density at radius 2 is 2.62 bits per heavy atom. The van der Waals surface area contributed by atoms with Crippen molar-refractivity contribution in [3.8, 4) is 0 Å². The van der Waals surface area contributed by atoms with E-state index in [1.54, 1.807) is 18.3 Å². The number of nitrogens with zero attached hydrogens (tertiary/aromatic N) is 2. The average Bonchev–Trinajstić information content (AvgIpc) is 2.70. The second kappa shape index (κ2) is 5.41. The standard InChI is InChI=1S/C11H17N3OS/c1-9(15)13-10-3-2-4-14(6-10)7-11-5-12-8-16-11/h5,8,10H,2-4,6-7H2,1H3,(H,13,15). The van der Waals surface area contributed by atoms with Crippen LogP contribution in [0.4, 0.5) is 0 Å². The van der Waals surface area contributed by atoms with E-state index in [0.717, 1.165) is 32.5 Å². The first-order valence-electron chi connectivity index (χ1n) is 5.61. The summed E-state index contributed by atoms with van der Waals surface area (Å²) in [5.74, 6) is 0.0737. The number of rotatable bonds is 3. The number of likely N-dealkylation sites (tertiary alicyclic amines) is 1. The number of amides is 1. The zero-order valence-electron chi connectivity index (χ0n) is 9.48. The minimum absolute atomic E-state index is 0.0737. The van der Waals surface area contributed by atoms with Gasteiger partial charge in [-0.2, -0.15) is 0 Å². The van der Waals surface area contributed by atoms with Crippen LogP contribution < -0.4 is 5.32 Å². The second-order valence-electron chi connectivity index (χ2n) is 4.24. The molecule has 1 aromatic rings. The molecule has 1 aliphatic rings. The third-order valence-corrected chi connectivity index (χ3v) is 3.54. The maximum absolute atomic E-state index is 11.0. The third-order valence-electron chi connectivity index (χ3n) is 2.78. The topological polar surface area (TPSA) is 45.2 Å². The highest BCUT2D eigenvalue weighted by Gasteiger charge is 2.20. The number of piperidine rings is 1. The summed E-state index contributed by atoms with van der Waals surface area (Å²) < 4.78 is 0. The summed E-state index contributed by atoms with van der Waals surface area (Å²) in [7, 11) is 0. The SMILES string of the molecule is CC(=O)NC1CCCN(Cc2cncs2)C1. The zero-order chi connectivity index (χ0) is 11.4. The maximum atomic E-state index is 11.0. The number of carbonyl (C=O) groups is 1. The Morgan fingerprint density at radius 1 is 1.75 bits per heavy atom. The monoisotopic (exact) mass is 239 g/mol. The summed E-state index contributed by atoms with van der Waals surface area (Å²) in [6.45, 7) is 4.62. The molecule has 1 unspecified atom stereocenters. The highest BCUT2D eigenvalue weighted by Crippen LogP contribution is 2.15. The molecule has 1 N–H and O–H groups in total. The van der Waals surface area contributed by atoms with Crippen LogP contribution >= 0.6 is 11.3 Å². The van der Waals surface area contributed by atoms with E-state index in [-0.39, 0.29) is 5.91 Å². The highest BCUT2D eigenvalue weighted by atomic mass is 32.1. The fourth-order valence-corrected chi connectivity index (χ4v) is 2.78. The molecule has 0 aliphatic carbocycles. The summed E-state index contributed by atoms with van der Waals surface area (Å²) in [6.07, 6.45) is 4.18. The minimum Gasteiger partial charge on any atom is -0.352 e. The first kappa shape index (κ1) is 11.5. The van der Waals surface area contributed by atoms with E-state index in [9.17, 15) is 4.79 Å². The lowest BCUT2D eigenvalue weighted by molar-refractivity contribution is -0.120. The van der Waals surface area contributed by atoms with Crippen molar-refractivity contribution in [1.82, 2.24) is 15.2 Å². The first-order valence-corrected chi connectivity index (χ1v) is 6.49. The van der Waals surface area contributed by atoms with Gasteiger partial charge in [0.15, 0.2) is 0 Å². The Kier molecular flexibility index (Phi) is 3.90. The number of hydrogen-bond acceptors (Lipinski definition) is 4. The zero-order valence-corrected chi connectivity index (χ0v) is 10.3. The molecule has 1 fully saturated rings. The van der Waals surface area contributed by atoms with Gasteiger partial charge in [-0.05, 0) is 19.4 Å². The van der Waals surface area contributed by atoms with Gasteiger partial charge in [-0.1, -0.05) is 0 Å². The lowest BCUT2D eigenvalue weighted by Gasteiger charge is -2.32. The molecule has 16 heavy (non-hydrogen) atoms. The number of hydrogen-bond donors (Lipinski definition) is 1. The van der Waals surface area contributed by atoms with Crippen molar-refractivity contribution in [2.24, 2.45) is 0 Å². The Balaban J connectivity index is 1.84. The molecule has 0 aromatic carbocycles. The molecule has 0 spiro atoms. The van der Waals surface area contributed by atoms with Gasteiger partial charge in [0.25, 0.3) is 0 Å². The van der Waals surface area contributed by atoms with Gasteiger partial charge in [0.2, 0.25) is 5.91 Å². The van der Waals surface area contributed by atoms with E-state index in [1.165, 1.54) is 4.88 Å². The van der Waals surface area contributed by atoms with Gasteiger partial charge in [-0.3, -0.25) is 14.7 Å². The molecule has 88 valence electrons. The summed E-state index contributed by atoms with van der Waals surface area (Å²) in [4.78, 5) is 18.8. The molecule has 1 aliphatic heterocycles. The molecule has 1 saturated heterocycles. The Labute approximate surface area is 99.7 Å². The van der Waals surface area contributed by atoms with E-state index >= 15 is 0 Å². The molecule has 4 nitrogen and oxygen atoms in total. The number of nitrogens with one attached hydrogen (secondary N) is 1. The van der Waals surface area contributed by atoms with Crippen LogP contribution in [0, 0.1) is 0 Å². The number of aromatic nitrogens is 1. The van der Waals surface area contributed by atoms with Crippen molar-refractivity contribution < 1.29 is 4.79 Å². The van der Waals surface area contributed by atoms with Crippen molar-refractivity contribution >= 4 is 17.2 Å². The van der Waals surface area contributed by atoms with Gasteiger partial charge in [-0.15, -0.1) is 11.3 Å². The molecule has 2 rings (SSSR count). The van der Waals surface area contributed by atoms with Crippen molar-refractivity contribution in [3.63, 3.8) is 0 Å². The number of carbonyl (C=O) groups excluding carboxylic acids is 1. The van der Waals surface area contributed by atoms with Gasteiger partial charge < -0.3 is 5.32 Å². The average molecular weight is 239 g/mol. The highest BCUT2D eigenvalue weighted by molar-refractivity contribution is 7.09. The first-order chi connectivity index (χ1) is 7.74. The van der Waals surface area contributed by atoms with Gasteiger partial charge >= 0.3 is 0 Å². The predicted molar refractivity (Wildman–Crippen MR) is 64.2 cm³/mol. The summed E-state index contributed by atoms with van der Waals surface area (Å²) in [5, 5.41) is 3.00. The molecule has 0 radical (unpaired) electrons. The lowest BCUT2D eigenvalue weighted by atomic mass is 10.1. The van der Waals surface area contributed by atoms with Gasteiger partial charge in [0, 0.05) is 37.1 Å². The molecule has 2 heterocycles. The van der Waals surface area contributed by atoms with Crippen molar-refractivity contribution in [2.75, 3.05) is 13.1 Å². The van der Waals surface area contributed by atoms with Crippen LogP contribution in [-0.2, 0) is 11.3 Å². The Morgan fingerprint density at radius 3 is 3.31 bits per heavy atom. The van der Waals surface area contributed by atoms with Crippen molar-refractivity contribution in [2.45, 2.75) is 32.4 Å². The molecule has 1 atom stereocenters. The second-order valence-corrected chi connectivity index (χ2v) is 5.21. The van der Waals surface area contributed by atoms with Crippen LogP contribution in [0.1, 0.15) is 24.6 Å².